The number of aromatic amines is 1. The normalized spacial score (nSPS) is 13.3. The molecule has 0 radical (unpaired) electrons. The van der Waals surface area contributed by atoms with Gasteiger partial charge in [-0.2, -0.15) is 5.10 Å². The summed E-state index contributed by atoms with van der Waals surface area (Å²) < 4.78 is 0. The van der Waals surface area contributed by atoms with Crippen molar-refractivity contribution in [1.29, 1.82) is 0 Å². The molecule has 0 fully saturated rings. The lowest BCUT2D eigenvalue weighted by Crippen LogP contribution is -2.36. The Kier molecular flexibility index (Phi) is 7.39. The largest absolute Gasteiger partial charge is 0.332 e. The third-order valence-electron chi connectivity index (χ3n) is 4.09. The first-order chi connectivity index (χ1) is 13.1. The van der Waals surface area contributed by atoms with Crippen molar-refractivity contribution < 1.29 is 4.79 Å². The van der Waals surface area contributed by atoms with Gasteiger partial charge in [0.1, 0.15) is 5.15 Å². The maximum atomic E-state index is 12.8. The number of aromatic nitrogens is 3. The lowest BCUT2D eigenvalue weighted by molar-refractivity contribution is 0.0732. The molecule has 1 amide bonds. The molecule has 0 unspecified atom stereocenters. The van der Waals surface area contributed by atoms with Gasteiger partial charge in [0.2, 0.25) is 0 Å². The number of hydrogen-bond acceptors (Lipinski definition) is 3. The van der Waals surface area contributed by atoms with Gasteiger partial charge in [0.15, 0.2) is 0 Å². The molecule has 0 aliphatic carbocycles. The molecule has 5 nitrogen and oxygen atoms in total. The van der Waals surface area contributed by atoms with Crippen LogP contribution >= 0.6 is 23.2 Å². The molecule has 1 aliphatic rings. The third-order valence-corrected chi connectivity index (χ3v) is 4.85. The van der Waals surface area contributed by atoms with Crippen molar-refractivity contribution in [2.45, 2.75) is 26.8 Å². The minimum atomic E-state index is -0.179. The Balaban J connectivity index is 0.00000126. The molecule has 7 heteroatoms. The van der Waals surface area contributed by atoms with Crippen molar-refractivity contribution in [2.75, 3.05) is 6.54 Å². The second kappa shape index (κ2) is 9.53. The molecule has 2 aromatic heterocycles. The van der Waals surface area contributed by atoms with Crippen LogP contribution in [0.3, 0.4) is 0 Å². The van der Waals surface area contributed by atoms with Crippen molar-refractivity contribution in [3.05, 3.63) is 76.3 Å². The fraction of sp³-hybridized carbons (Fsp3) is 0.250. The molecule has 142 valence electrons. The van der Waals surface area contributed by atoms with Crippen LogP contribution in [-0.4, -0.2) is 32.5 Å². The third kappa shape index (κ3) is 4.31. The summed E-state index contributed by atoms with van der Waals surface area (Å²) in [5.74, 6) is -0.179. The monoisotopic (exact) mass is 404 g/mol. The number of nitrogens with one attached hydrogen (secondary N) is 1. The van der Waals surface area contributed by atoms with Crippen molar-refractivity contribution in [3.8, 4) is 0 Å². The van der Waals surface area contributed by atoms with E-state index in [2.05, 4.69) is 28.3 Å². The predicted octanol–water partition coefficient (Wildman–Crippen LogP) is 5.09. The first kappa shape index (κ1) is 20.9. The summed E-state index contributed by atoms with van der Waals surface area (Å²) in [5, 5.41) is 7.70. The fourth-order valence-electron chi connectivity index (χ4n) is 2.85. The van der Waals surface area contributed by atoms with Gasteiger partial charge in [0.05, 0.1) is 28.5 Å². The molecule has 0 spiro atoms. The quantitative estimate of drug-likeness (QED) is 0.569. The highest BCUT2D eigenvalue weighted by Gasteiger charge is 2.27. The molecule has 1 aliphatic heterocycles. The van der Waals surface area contributed by atoms with Gasteiger partial charge < -0.3 is 4.90 Å². The number of allylic oxidation sites excluding steroid dienone is 4. The Labute approximate surface area is 169 Å². The van der Waals surface area contributed by atoms with Gasteiger partial charge in [-0.3, -0.25) is 9.89 Å². The Morgan fingerprint density at radius 3 is 2.74 bits per heavy atom. The molecular weight excluding hydrogens is 383 g/mol. The zero-order chi connectivity index (χ0) is 20.0. The number of rotatable bonds is 4. The predicted molar refractivity (Wildman–Crippen MR) is 111 cm³/mol. The lowest BCUT2D eigenvalue weighted by atomic mass is 9.99. The van der Waals surface area contributed by atoms with Crippen LogP contribution in [-0.2, 0) is 13.0 Å². The number of amides is 1. The SMILES string of the molecule is C=C/C=C(\C=C)c1n[nH]c2c1CCN(C(=O)c1ccnc(Cl)c1Cl)C2.CC. The molecule has 0 aromatic carbocycles. The van der Waals surface area contributed by atoms with Crippen molar-refractivity contribution in [2.24, 2.45) is 0 Å². The van der Waals surface area contributed by atoms with Gasteiger partial charge >= 0.3 is 0 Å². The maximum absolute atomic E-state index is 12.8. The van der Waals surface area contributed by atoms with Crippen LogP contribution < -0.4 is 0 Å². The van der Waals surface area contributed by atoms with E-state index in [-0.39, 0.29) is 16.1 Å². The van der Waals surface area contributed by atoms with Crippen molar-refractivity contribution in [1.82, 2.24) is 20.1 Å². The number of carbonyl (C=O) groups excluding carboxylic acids is 1. The van der Waals surface area contributed by atoms with Crippen LogP contribution in [0.5, 0.6) is 0 Å². The van der Waals surface area contributed by atoms with E-state index >= 15 is 0 Å². The van der Waals surface area contributed by atoms with E-state index in [4.69, 9.17) is 23.2 Å². The van der Waals surface area contributed by atoms with E-state index in [1.165, 1.54) is 6.20 Å². The number of nitrogens with zero attached hydrogens (tertiary/aromatic N) is 3. The van der Waals surface area contributed by atoms with E-state index in [1.807, 2.05) is 19.9 Å². The molecule has 0 saturated carbocycles. The van der Waals surface area contributed by atoms with Gasteiger partial charge in [-0.1, -0.05) is 68.4 Å². The molecular formula is C20H22Cl2N4O. The number of carbonyl (C=O) groups is 1. The number of halogens is 2. The number of fused-ring (bicyclic) bond motifs is 1. The summed E-state index contributed by atoms with van der Waals surface area (Å²) in [6, 6.07) is 1.58. The summed E-state index contributed by atoms with van der Waals surface area (Å²) in [6.45, 7) is 12.5. The standard InChI is InChI=1S/C18H16Cl2N4O.C2H6/c1-3-5-11(4-2)16-12-7-9-24(10-14(12)22-23-16)18(25)13-6-8-21-17(20)15(13)19;1-2/h3-6,8H,1-2,7,9-10H2,(H,22,23);1-2H3/b11-5+;. The smallest absolute Gasteiger partial charge is 0.255 e. The number of H-pyrrole nitrogens is 1. The Bertz CT molecular complexity index is 886. The minimum Gasteiger partial charge on any atom is -0.332 e. The summed E-state index contributed by atoms with van der Waals surface area (Å²) in [7, 11) is 0. The highest BCUT2D eigenvalue weighted by molar-refractivity contribution is 6.43. The second-order valence-corrected chi connectivity index (χ2v) is 6.27. The van der Waals surface area contributed by atoms with Gasteiger partial charge in [0, 0.05) is 23.9 Å². The molecule has 0 saturated heterocycles. The molecule has 27 heavy (non-hydrogen) atoms. The van der Waals surface area contributed by atoms with Crippen LogP contribution in [0.25, 0.3) is 5.57 Å². The van der Waals surface area contributed by atoms with Crippen LogP contribution in [0.15, 0.2) is 43.6 Å². The van der Waals surface area contributed by atoms with Crippen molar-refractivity contribution in [3.63, 3.8) is 0 Å². The number of hydrogen-bond donors (Lipinski definition) is 1. The van der Waals surface area contributed by atoms with Crippen LogP contribution in [0.4, 0.5) is 0 Å². The number of pyridine rings is 1. The van der Waals surface area contributed by atoms with Crippen LogP contribution in [0.2, 0.25) is 10.2 Å². The summed E-state index contributed by atoms with van der Waals surface area (Å²) in [6.07, 6.45) is 7.47. The zero-order valence-electron chi connectivity index (χ0n) is 15.4. The van der Waals surface area contributed by atoms with E-state index in [1.54, 1.807) is 23.1 Å². The molecule has 1 N–H and O–H groups in total. The maximum Gasteiger partial charge on any atom is 0.255 e. The molecule has 3 rings (SSSR count). The zero-order valence-corrected chi connectivity index (χ0v) is 16.9. The van der Waals surface area contributed by atoms with E-state index in [0.717, 1.165) is 22.5 Å². The summed E-state index contributed by atoms with van der Waals surface area (Å²) >= 11 is 12.0. The van der Waals surface area contributed by atoms with Crippen LogP contribution in [0.1, 0.15) is 41.2 Å². The average molecular weight is 405 g/mol. The van der Waals surface area contributed by atoms with Gasteiger partial charge in [-0.25, -0.2) is 4.98 Å². The lowest BCUT2D eigenvalue weighted by Gasteiger charge is -2.27. The average Bonchev–Trinajstić information content (AvgIpc) is 3.12. The molecule has 0 bridgehead atoms. The highest BCUT2D eigenvalue weighted by Crippen LogP contribution is 2.29. The topological polar surface area (TPSA) is 61.9 Å². The Morgan fingerprint density at radius 2 is 2.07 bits per heavy atom. The van der Waals surface area contributed by atoms with Crippen molar-refractivity contribution >= 4 is 34.7 Å². The first-order valence-corrected chi connectivity index (χ1v) is 9.43. The van der Waals surface area contributed by atoms with E-state index in [0.29, 0.717) is 25.1 Å². The van der Waals surface area contributed by atoms with Gasteiger partial charge in [-0.05, 0) is 12.5 Å². The molecule has 0 atom stereocenters. The molecule has 3 heterocycles. The first-order valence-electron chi connectivity index (χ1n) is 8.67. The van der Waals surface area contributed by atoms with E-state index in [9.17, 15) is 4.79 Å². The van der Waals surface area contributed by atoms with Crippen LogP contribution in [0, 0.1) is 0 Å². The molecule has 2 aromatic rings. The van der Waals surface area contributed by atoms with Gasteiger partial charge in [-0.15, -0.1) is 0 Å². The highest BCUT2D eigenvalue weighted by atomic mass is 35.5. The second-order valence-electron chi connectivity index (χ2n) is 5.53. The van der Waals surface area contributed by atoms with Gasteiger partial charge in [0.25, 0.3) is 5.91 Å². The Morgan fingerprint density at radius 1 is 1.33 bits per heavy atom. The van der Waals surface area contributed by atoms with E-state index < -0.39 is 0 Å². The minimum absolute atomic E-state index is 0.124. The Hall–Kier alpha value is -2.37. The summed E-state index contributed by atoms with van der Waals surface area (Å²) in [5.41, 5.74) is 4.10. The fourth-order valence-corrected chi connectivity index (χ4v) is 3.21. The summed E-state index contributed by atoms with van der Waals surface area (Å²) in [4.78, 5) is 18.4.